The van der Waals surface area contributed by atoms with Crippen LogP contribution >= 0.6 is 0 Å². The Morgan fingerprint density at radius 1 is 1.40 bits per heavy atom. The summed E-state index contributed by atoms with van der Waals surface area (Å²) in [7, 11) is 0. The van der Waals surface area contributed by atoms with Crippen LogP contribution in [0.25, 0.3) is 0 Å². The Morgan fingerprint density at radius 2 is 2.15 bits per heavy atom. The SMILES string of the molecule is CCC1COC2(CCN(C(=O)C3(C#N)CCCC3)C2)C1. The molecule has 0 radical (unpaired) electrons. The van der Waals surface area contributed by atoms with Crippen LogP contribution < -0.4 is 0 Å². The molecule has 3 rings (SSSR count). The van der Waals surface area contributed by atoms with E-state index in [4.69, 9.17) is 4.74 Å². The number of carbonyl (C=O) groups excluding carboxylic acids is 1. The quantitative estimate of drug-likeness (QED) is 0.778. The first-order chi connectivity index (χ1) is 9.63. The molecular weight excluding hydrogens is 252 g/mol. The fraction of sp³-hybridized carbons (Fsp3) is 0.875. The molecule has 3 aliphatic rings. The molecule has 1 aliphatic carbocycles. The van der Waals surface area contributed by atoms with Gasteiger partial charge in [-0.3, -0.25) is 4.79 Å². The maximum atomic E-state index is 12.7. The van der Waals surface area contributed by atoms with Gasteiger partial charge in [0.05, 0.1) is 18.3 Å². The Hall–Kier alpha value is -1.08. The number of nitriles is 1. The van der Waals surface area contributed by atoms with Gasteiger partial charge in [-0.2, -0.15) is 5.26 Å². The molecule has 20 heavy (non-hydrogen) atoms. The minimum absolute atomic E-state index is 0.0675. The highest BCUT2D eigenvalue weighted by atomic mass is 16.5. The van der Waals surface area contributed by atoms with E-state index in [-0.39, 0.29) is 11.5 Å². The molecule has 0 aromatic heterocycles. The normalized spacial score (nSPS) is 35.6. The fourth-order valence-corrected chi connectivity index (χ4v) is 4.16. The molecule has 2 aliphatic heterocycles. The lowest BCUT2D eigenvalue weighted by molar-refractivity contribution is -0.138. The van der Waals surface area contributed by atoms with Gasteiger partial charge in [0.15, 0.2) is 0 Å². The summed E-state index contributed by atoms with van der Waals surface area (Å²) in [5, 5.41) is 9.46. The molecule has 1 saturated carbocycles. The van der Waals surface area contributed by atoms with Crippen LogP contribution in [0.2, 0.25) is 0 Å². The molecule has 2 heterocycles. The summed E-state index contributed by atoms with van der Waals surface area (Å²) in [5.41, 5.74) is -0.833. The molecule has 110 valence electrons. The summed E-state index contributed by atoms with van der Waals surface area (Å²) < 4.78 is 6.04. The van der Waals surface area contributed by atoms with Crippen molar-refractivity contribution in [1.29, 1.82) is 5.26 Å². The molecular formula is C16H24N2O2. The van der Waals surface area contributed by atoms with Crippen LogP contribution in [-0.2, 0) is 9.53 Å². The van der Waals surface area contributed by atoms with Crippen molar-refractivity contribution in [3.8, 4) is 6.07 Å². The van der Waals surface area contributed by atoms with Crippen molar-refractivity contribution in [2.45, 2.75) is 57.5 Å². The summed E-state index contributed by atoms with van der Waals surface area (Å²) in [5.74, 6) is 0.708. The monoisotopic (exact) mass is 276 g/mol. The molecule has 4 nitrogen and oxygen atoms in total. The molecule has 2 saturated heterocycles. The van der Waals surface area contributed by atoms with Crippen molar-refractivity contribution in [3.05, 3.63) is 0 Å². The summed E-state index contributed by atoms with van der Waals surface area (Å²) in [6, 6.07) is 2.32. The van der Waals surface area contributed by atoms with Crippen LogP contribution in [0.5, 0.6) is 0 Å². The lowest BCUT2D eigenvalue weighted by Crippen LogP contribution is -2.43. The van der Waals surface area contributed by atoms with Crippen molar-refractivity contribution >= 4 is 5.91 Å². The van der Waals surface area contributed by atoms with Crippen LogP contribution in [0.3, 0.4) is 0 Å². The zero-order chi connectivity index (χ0) is 14.2. The summed E-state index contributed by atoms with van der Waals surface area (Å²) in [6.45, 7) is 4.50. The highest BCUT2D eigenvalue weighted by Gasteiger charge is 2.51. The predicted molar refractivity (Wildman–Crippen MR) is 74.8 cm³/mol. The maximum absolute atomic E-state index is 12.7. The maximum Gasteiger partial charge on any atom is 0.243 e. The van der Waals surface area contributed by atoms with Crippen molar-refractivity contribution in [2.75, 3.05) is 19.7 Å². The van der Waals surface area contributed by atoms with E-state index < -0.39 is 5.41 Å². The third-order valence-corrected chi connectivity index (χ3v) is 5.55. The molecule has 0 bridgehead atoms. The van der Waals surface area contributed by atoms with Gasteiger partial charge in [0.25, 0.3) is 0 Å². The van der Waals surface area contributed by atoms with E-state index >= 15 is 0 Å². The molecule has 1 spiro atoms. The van der Waals surface area contributed by atoms with Gasteiger partial charge in [-0.1, -0.05) is 26.2 Å². The van der Waals surface area contributed by atoms with Gasteiger partial charge >= 0.3 is 0 Å². The van der Waals surface area contributed by atoms with E-state index in [0.717, 1.165) is 58.1 Å². The standard InChI is InChI=1S/C16H24N2O2/c1-2-13-9-16(20-10-13)7-8-18(12-16)14(19)15(11-17)5-3-4-6-15/h13H,2-10,12H2,1H3. The molecule has 4 heteroatoms. The highest BCUT2D eigenvalue weighted by molar-refractivity contribution is 5.86. The Kier molecular flexibility index (Phi) is 3.50. The van der Waals surface area contributed by atoms with Crippen molar-refractivity contribution in [1.82, 2.24) is 4.90 Å². The second-order valence-electron chi connectivity index (χ2n) is 6.85. The van der Waals surface area contributed by atoms with Gasteiger partial charge in [-0.25, -0.2) is 0 Å². The first-order valence-electron chi connectivity index (χ1n) is 7.98. The van der Waals surface area contributed by atoms with E-state index in [1.807, 2.05) is 4.90 Å². The van der Waals surface area contributed by atoms with Crippen LogP contribution in [0.4, 0.5) is 0 Å². The number of hydrogen-bond donors (Lipinski definition) is 0. The van der Waals surface area contributed by atoms with Crippen LogP contribution in [0.15, 0.2) is 0 Å². The smallest absolute Gasteiger partial charge is 0.243 e. The van der Waals surface area contributed by atoms with Crippen molar-refractivity contribution in [2.24, 2.45) is 11.3 Å². The highest BCUT2D eigenvalue weighted by Crippen LogP contribution is 2.43. The molecule has 2 atom stereocenters. The Morgan fingerprint density at radius 3 is 2.75 bits per heavy atom. The van der Waals surface area contributed by atoms with Gasteiger partial charge in [0.1, 0.15) is 5.41 Å². The Bertz CT molecular complexity index is 436. The first kappa shape index (κ1) is 13.9. The fourth-order valence-electron chi connectivity index (χ4n) is 4.16. The zero-order valence-electron chi connectivity index (χ0n) is 12.4. The largest absolute Gasteiger partial charge is 0.373 e. The van der Waals surface area contributed by atoms with Crippen LogP contribution in [-0.4, -0.2) is 36.1 Å². The number of rotatable bonds is 2. The minimum atomic E-state index is -0.728. The van der Waals surface area contributed by atoms with E-state index in [1.54, 1.807) is 0 Å². The lowest BCUT2D eigenvalue weighted by atomic mass is 9.86. The second-order valence-corrected chi connectivity index (χ2v) is 6.85. The van der Waals surface area contributed by atoms with E-state index in [0.29, 0.717) is 12.5 Å². The zero-order valence-corrected chi connectivity index (χ0v) is 12.4. The van der Waals surface area contributed by atoms with E-state index in [1.165, 1.54) is 0 Å². The predicted octanol–water partition coefficient (Wildman–Crippen LogP) is 2.49. The average Bonchev–Trinajstić information content (AvgIpc) is 3.19. The van der Waals surface area contributed by atoms with Gasteiger partial charge < -0.3 is 9.64 Å². The molecule has 2 unspecified atom stereocenters. The van der Waals surface area contributed by atoms with Gasteiger partial charge in [-0.15, -0.1) is 0 Å². The van der Waals surface area contributed by atoms with Crippen LogP contribution in [0, 0.1) is 22.7 Å². The van der Waals surface area contributed by atoms with Crippen molar-refractivity contribution in [3.63, 3.8) is 0 Å². The number of ether oxygens (including phenoxy) is 1. The number of hydrogen-bond acceptors (Lipinski definition) is 3. The van der Waals surface area contributed by atoms with Gasteiger partial charge in [-0.05, 0) is 31.6 Å². The topological polar surface area (TPSA) is 53.3 Å². The van der Waals surface area contributed by atoms with Crippen LogP contribution in [0.1, 0.15) is 51.9 Å². The summed E-state index contributed by atoms with van der Waals surface area (Å²) in [6.07, 6.45) is 6.66. The number of likely N-dealkylation sites (tertiary alicyclic amines) is 1. The summed E-state index contributed by atoms with van der Waals surface area (Å²) in [4.78, 5) is 14.6. The van der Waals surface area contributed by atoms with Gasteiger partial charge in [0, 0.05) is 13.1 Å². The summed E-state index contributed by atoms with van der Waals surface area (Å²) >= 11 is 0. The molecule has 1 amide bonds. The minimum Gasteiger partial charge on any atom is -0.373 e. The van der Waals surface area contributed by atoms with E-state index in [2.05, 4.69) is 13.0 Å². The molecule has 0 aromatic carbocycles. The Balaban J connectivity index is 1.68. The molecule has 0 aromatic rings. The average molecular weight is 276 g/mol. The third kappa shape index (κ3) is 2.13. The lowest BCUT2D eigenvalue weighted by Gasteiger charge is -2.28. The number of nitrogens with zero attached hydrogens (tertiary/aromatic N) is 2. The second kappa shape index (κ2) is 5.04. The molecule has 3 fully saturated rings. The van der Waals surface area contributed by atoms with Crippen molar-refractivity contribution < 1.29 is 9.53 Å². The Labute approximate surface area is 121 Å². The van der Waals surface area contributed by atoms with Gasteiger partial charge in [0.2, 0.25) is 5.91 Å². The van der Waals surface area contributed by atoms with E-state index in [9.17, 15) is 10.1 Å². The molecule has 0 N–H and O–H groups in total. The first-order valence-corrected chi connectivity index (χ1v) is 7.98. The number of amides is 1. The number of carbonyl (C=O) groups is 1. The third-order valence-electron chi connectivity index (χ3n) is 5.55.